The Labute approximate surface area is 225 Å². The van der Waals surface area contributed by atoms with E-state index < -0.39 is 66.0 Å². The third kappa shape index (κ3) is 7.13. The quantitative estimate of drug-likeness (QED) is 0.224. The summed E-state index contributed by atoms with van der Waals surface area (Å²) in [6.45, 7) is 6.81. The zero-order chi connectivity index (χ0) is 28.8. The van der Waals surface area contributed by atoms with Crippen molar-refractivity contribution in [3.8, 4) is 0 Å². The topological polar surface area (TPSA) is 164 Å². The van der Waals surface area contributed by atoms with E-state index in [0.29, 0.717) is 12.0 Å². The number of aliphatic hydroxyl groups is 5. The fraction of sp³-hybridized carbons (Fsp3) is 0.889. The Morgan fingerprint density at radius 1 is 1.05 bits per heavy atom. The molecule has 0 aliphatic carbocycles. The van der Waals surface area contributed by atoms with E-state index in [2.05, 4.69) is 0 Å². The molecule has 10 atom stereocenters. The molecule has 2 saturated heterocycles. The second kappa shape index (κ2) is 14.0. The molecule has 0 spiro atoms. The Balaban J connectivity index is 2.56. The number of cyclic esters (lactones) is 1. The van der Waals surface area contributed by atoms with Gasteiger partial charge < -0.3 is 49.2 Å². The van der Waals surface area contributed by atoms with Crippen LogP contribution in [0.1, 0.15) is 59.8 Å². The maximum Gasteiger partial charge on any atom is 0.338 e. The van der Waals surface area contributed by atoms with E-state index in [1.54, 1.807) is 20.8 Å². The van der Waals surface area contributed by atoms with E-state index in [-0.39, 0.29) is 38.2 Å². The Morgan fingerprint density at radius 3 is 2.18 bits per heavy atom. The predicted molar refractivity (Wildman–Crippen MR) is 137 cm³/mol. The van der Waals surface area contributed by atoms with Gasteiger partial charge in [0.05, 0.1) is 30.5 Å². The van der Waals surface area contributed by atoms with E-state index in [9.17, 15) is 30.3 Å². The molecule has 222 valence electrons. The largest absolute Gasteiger partial charge is 0.456 e. The first-order chi connectivity index (χ1) is 17.8. The van der Waals surface area contributed by atoms with E-state index in [4.69, 9.17) is 23.7 Å². The van der Waals surface area contributed by atoms with Crippen LogP contribution in [0.3, 0.4) is 0 Å². The first-order valence-corrected chi connectivity index (χ1v) is 13.3. The molecular weight excluding hydrogens is 500 g/mol. The summed E-state index contributed by atoms with van der Waals surface area (Å²) in [5.74, 6) is -3.29. The zero-order valence-electron chi connectivity index (χ0n) is 23.7. The first-order valence-electron chi connectivity index (χ1n) is 13.3. The second-order valence-corrected chi connectivity index (χ2v) is 11.1. The van der Waals surface area contributed by atoms with Gasteiger partial charge in [-0.25, -0.2) is 4.79 Å². The molecule has 0 amide bonds. The smallest absolute Gasteiger partial charge is 0.338 e. The molecule has 2 fully saturated rings. The maximum atomic E-state index is 13.1. The number of aliphatic hydroxyl groups excluding tert-OH is 4. The van der Waals surface area contributed by atoms with Gasteiger partial charge in [-0.1, -0.05) is 26.8 Å². The number of carbonyl (C=O) groups excluding carboxylic acids is 1. The first kappa shape index (κ1) is 33.1. The predicted octanol–water partition coefficient (Wildman–Crippen LogP) is 0.678. The Bertz CT molecular complexity index is 783. The summed E-state index contributed by atoms with van der Waals surface area (Å²) in [7, 11) is 4.20. The lowest BCUT2D eigenvalue weighted by atomic mass is 9.70. The highest BCUT2D eigenvalue weighted by molar-refractivity contribution is 5.75. The highest BCUT2D eigenvalue weighted by atomic mass is 16.7. The highest BCUT2D eigenvalue weighted by Gasteiger charge is 2.60. The van der Waals surface area contributed by atoms with Crippen LogP contribution in [0, 0.1) is 11.3 Å². The van der Waals surface area contributed by atoms with Crippen molar-refractivity contribution in [3.63, 3.8) is 0 Å². The Kier molecular flexibility index (Phi) is 12.1. The molecule has 0 aromatic carbocycles. The molecule has 2 aliphatic rings. The molecule has 5 N–H and O–H groups in total. The van der Waals surface area contributed by atoms with Crippen LogP contribution >= 0.6 is 0 Å². The minimum atomic E-state index is -2.23. The zero-order valence-corrected chi connectivity index (χ0v) is 23.7. The fourth-order valence-electron chi connectivity index (χ4n) is 5.30. The molecule has 0 radical (unpaired) electrons. The normalized spacial score (nSPS) is 40.2. The third-order valence-corrected chi connectivity index (χ3v) is 8.37. The van der Waals surface area contributed by atoms with Crippen molar-refractivity contribution >= 4 is 5.97 Å². The molecular formula is C27H48O11. The fourth-order valence-corrected chi connectivity index (χ4v) is 5.30. The van der Waals surface area contributed by atoms with Crippen LogP contribution in [0.25, 0.3) is 0 Å². The molecule has 0 unspecified atom stereocenters. The van der Waals surface area contributed by atoms with Gasteiger partial charge in [-0.05, 0) is 18.9 Å². The van der Waals surface area contributed by atoms with Crippen LogP contribution in [0.2, 0.25) is 0 Å². The number of esters is 1. The van der Waals surface area contributed by atoms with Crippen molar-refractivity contribution in [3.05, 3.63) is 11.6 Å². The van der Waals surface area contributed by atoms with E-state index in [1.807, 2.05) is 13.0 Å². The van der Waals surface area contributed by atoms with E-state index in [0.717, 1.165) is 0 Å². The standard InChI is InChI=1S/C27H48O11/c1-8-16(14-28)9-15(2)19-10-17(34-5)13-22(29)26(3,4)27(33)24(31)21(36-7)12-18(38-27)11-20(35-6)23(30)25(32)37-19/h9,16-24,28-31,33H,8,10-14H2,1-7H3/b15-9-/t16-,17+,18-,19-,20+,21+,22-,23-,24+,27-/m0/s1. The van der Waals surface area contributed by atoms with Gasteiger partial charge in [0.15, 0.2) is 6.10 Å². The summed E-state index contributed by atoms with van der Waals surface area (Å²) in [4.78, 5) is 13.1. The van der Waals surface area contributed by atoms with E-state index in [1.165, 1.54) is 21.3 Å². The number of ether oxygens (including phenoxy) is 5. The van der Waals surface area contributed by atoms with Crippen LogP contribution in [-0.2, 0) is 28.5 Å². The Hall–Kier alpha value is -1.15. The SMILES string of the molecule is CC[C@@H](/C=C(/C)[C@@H]1C[C@@H](OC)C[C@H](O)C(C)(C)[C@@]2(O)O[C@@H](C[C@@H](OC)[C@H](O)C(=O)O1)C[C@@H](OC)[C@H]2O)CO. The Morgan fingerprint density at radius 2 is 1.66 bits per heavy atom. The van der Waals surface area contributed by atoms with Crippen molar-refractivity contribution in [2.45, 2.75) is 114 Å². The molecule has 2 heterocycles. The van der Waals surface area contributed by atoms with Gasteiger partial charge in [0, 0.05) is 65.0 Å². The minimum absolute atomic E-state index is 0.0174. The van der Waals surface area contributed by atoms with Gasteiger partial charge in [-0.15, -0.1) is 0 Å². The molecule has 2 bridgehead atoms. The number of carbonyl (C=O) groups is 1. The lowest BCUT2D eigenvalue weighted by Crippen LogP contribution is -2.68. The summed E-state index contributed by atoms with van der Waals surface area (Å²) in [6.07, 6.45) is -5.71. The third-order valence-electron chi connectivity index (χ3n) is 8.37. The van der Waals surface area contributed by atoms with Crippen molar-refractivity contribution in [1.82, 2.24) is 0 Å². The minimum Gasteiger partial charge on any atom is -0.456 e. The van der Waals surface area contributed by atoms with Crippen molar-refractivity contribution in [1.29, 1.82) is 0 Å². The van der Waals surface area contributed by atoms with Crippen LogP contribution in [-0.4, -0.2) is 114 Å². The van der Waals surface area contributed by atoms with Gasteiger partial charge in [-0.3, -0.25) is 0 Å². The lowest BCUT2D eigenvalue weighted by molar-refractivity contribution is -0.379. The molecule has 11 heteroatoms. The number of fused-ring (bicyclic) bond motifs is 2. The highest BCUT2D eigenvalue weighted by Crippen LogP contribution is 2.46. The summed E-state index contributed by atoms with van der Waals surface area (Å²) in [6, 6.07) is 0. The molecule has 38 heavy (non-hydrogen) atoms. The average molecular weight is 549 g/mol. The van der Waals surface area contributed by atoms with Crippen LogP contribution in [0.15, 0.2) is 11.6 Å². The van der Waals surface area contributed by atoms with Crippen LogP contribution in [0.4, 0.5) is 0 Å². The van der Waals surface area contributed by atoms with Crippen molar-refractivity contribution in [2.24, 2.45) is 11.3 Å². The van der Waals surface area contributed by atoms with Crippen LogP contribution in [0.5, 0.6) is 0 Å². The van der Waals surface area contributed by atoms with Gasteiger partial charge in [0.2, 0.25) is 5.79 Å². The molecule has 2 rings (SSSR count). The monoisotopic (exact) mass is 548 g/mol. The summed E-state index contributed by atoms with van der Waals surface area (Å²) < 4.78 is 28.3. The number of rotatable bonds is 7. The van der Waals surface area contributed by atoms with Crippen molar-refractivity contribution in [2.75, 3.05) is 27.9 Å². The summed E-state index contributed by atoms with van der Waals surface area (Å²) in [5.41, 5.74) is -0.730. The number of methoxy groups -OCH3 is 3. The van der Waals surface area contributed by atoms with Gasteiger partial charge in [0.1, 0.15) is 12.2 Å². The van der Waals surface area contributed by atoms with Crippen LogP contribution < -0.4 is 0 Å². The average Bonchev–Trinajstić information content (AvgIpc) is 2.89. The molecule has 11 nitrogen and oxygen atoms in total. The lowest BCUT2D eigenvalue weighted by Gasteiger charge is -2.54. The van der Waals surface area contributed by atoms with E-state index >= 15 is 0 Å². The molecule has 0 aromatic heterocycles. The molecule has 0 saturated carbocycles. The van der Waals surface area contributed by atoms with Crippen molar-refractivity contribution < 1.29 is 54.0 Å². The number of hydrogen-bond donors (Lipinski definition) is 5. The number of hydrogen-bond acceptors (Lipinski definition) is 11. The van der Waals surface area contributed by atoms with Gasteiger partial charge in [-0.2, -0.15) is 0 Å². The molecule has 0 aromatic rings. The molecule has 2 aliphatic heterocycles. The summed E-state index contributed by atoms with van der Waals surface area (Å²) >= 11 is 0. The van der Waals surface area contributed by atoms with Gasteiger partial charge >= 0.3 is 5.97 Å². The summed E-state index contributed by atoms with van der Waals surface area (Å²) in [5, 5.41) is 54.7. The second-order valence-electron chi connectivity index (χ2n) is 11.1. The van der Waals surface area contributed by atoms with Gasteiger partial charge in [0.25, 0.3) is 0 Å². The maximum absolute atomic E-state index is 13.1.